The van der Waals surface area contributed by atoms with E-state index in [1.54, 1.807) is 0 Å². The maximum atomic E-state index is 11.1. The molecule has 80 valence electrons. The van der Waals surface area contributed by atoms with Crippen molar-refractivity contribution in [2.45, 2.75) is 37.5 Å². The highest BCUT2D eigenvalue weighted by molar-refractivity contribution is 5.83. The van der Waals surface area contributed by atoms with Crippen molar-refractivity contribution >= 4 is 5.97 Å². The Bertz CT molecular complexity index is 414. The van der Waals surface area contributed by atoms with Crippen molar-refractivity contribution < 1.29 is 14.3 Å². The Hall–Kier alpha value is -1.25. The van der Waals surface area contributed by atoms with Gasteiger partial charge in [-0.25, -0.2) is 0 Å². The first-order chi connectivity index (χ1) is 7.13. The van der Waals surface area contributed by atoms with Crippen LogP contribution in [0.1, 0.15) is 43.6 Å². The number of carbonyl (C=O) groups is 1. The third-order valence-electron chi connectivity index (χ3n) is 3.73. The van der Waals surface area contributed by atoms with E-state index >= 15 is 0 Å². The van der Waals surface area contributed by atoms with E-state index in [4.69, 9.17) is 9.52 Å². The molecule has 0 spiro atoms. The number of hydrogen-bond acceptors (Lipinski definition) is 2. The average Bonchev–Trinajstić information content (AvgIpc) is 3.08. The molecule has 0 amide bonds. The van der Waals surface area contributed by atoms with Gasteiger partial charge >= 0.3 is 5.97 Å². The largest absolute Gasteiger partial charge is 0.480 e. The van der Waals surface area contributed by atoms with E-state index in [0.717, 1.165) is 18.6 Å². The maximum absolute atomic E-state index is 11.1. The molecule has 0 radical (unpaired) electrons. The molecule has 2 atom stereocenters. The van der Waals surface area contributed by atoms with Crippen LogP contribution in [0.5, 0.6) is 0 Å². The summed E-state index contributed by atoms with van der Waals surface area (Å²) in [7, 11) is 0. The third kappa shape index (κ3) is 1.22. The first-order valence-corrected chi connectivity index (χ1v) is 5.47. The minimum absolute atomic E-state index is 0.531. The Kier molecular flexibility index (Phi) is 1.59. The quantitative estimate of drug-likeness (QED) is 0.826. The summed E-state index contributed by atoms with van der Waals surface area (Å²) in [5.74, 6) is 2.12. The number of carboxylic acids is 1. The van der Waals surface area contributed by atoms with Crippen molar-refractivity contribution in [2.75, 3.05) is 0 Å². The molecule has 3 nitrogen and oxygen atoms in total. The smallest absolute Gasteiger partial charge is 0.317 e. The predicted molar refractivity (Wildman–Crippen MR) is 53.8 cm³/mol. The fraction of sp³-hybridized carbons (Fsp3) is 0.583. The zero-order chi connectivity index (χ0) is 10.6. The van der Waals surface area contributed by atoms with Gasteiger partial charge < -0.3 is 9.52 Å². The molecule has 1 aromatic rings. The average molecular weight is 206 g/mol. The maximum Gasteiger partial charge on any atom is 0.317 e. The fourth-order valence-corrected chi connectivity index (χ4v) is 2.22. The Balaban J connectivity index is 1.88. The molecule has 15 heavy (non-hydrogen) atoms. The summed E-state index contributed by atoms with van der Waals surface area (Å²) in [6.07, 6.45) is 2.61. The van der Waals surface area contributed by atoms with Gasteiger partial charge in [-0.3, -0.25) is 4.79 Å². The molecule has 3 heteroatoms. The highest BCUT2D eigenvalue weighted by atomic mass is 16.4. The van der Waals surface area contributed by atoms with Crippen molar-refractivity contribution in [3.8, 4) is 0 Å². The van der Waals surface area contributed by atoms with Crippen LogP contribution in [0.25, 0.3) is 0 Å². The topological polar surface area (TPSA) is 50.4 Å². The lowest BCUT2D eigenvalue weighted by Gasteiger charge is -2.04. The van der Waals surface area contributed by atoms with Crippen molar-refractivity contribution in [1.29, 1.82) is 0 Å². The molecule has 1 heterocycles. The molecule has 2 aliphatic rings. The third-order valence-corrected chi connectivity index (χ3v) is 3.73. The second kappa shape index (κ2) is 2.65. The summed E-state index contributed by atoms with van der Waals surface area (Å²) in [5.41, 5.74) is -0.684. The summed E-state index contributed by atoms with van der Waals surface area (Å²) in [6.45, 7) is 2.19. The minimum Gasteiger partial charge on any atom is -0.480 e. The Morgan fingerprint density at radius 1 is 1.53 bits per heavy atom. The van der Waals surface area contributed by atoms with Gasteiger partial charge in [0.25, 0.3) is 0 Å². The molecule has 3 rings (SSSR count). The Morgan fingerprint density at radius 3 is 2.67 bits per heavy atom. The number of aliphatic carboxylic acids is 1. The molecular weight excluding hydrogens is 192 g/mol. The van der Waals surface area contributed by atoms with E-state index in [2.05, 4.69) is 6.92 Å². The highest BCUT2D eigenvalue weighted by Gasteiger charge is 2.54. The van der Waals surface area contributed by atoms with Crippen molar-refractivity contribution in [3.05, 3.63) is 23.7 Å². The van der Waals surface area contributed by atoms with Crippen molar-refractivity contribution in [1.82, 2.24) is 0 Å². The molecule has 0 aromatic carbocycles. The second-order valence-corrected chi connectivity index (χ2v) is 4.91. The molecule has 2 aliphatic carbocycles. The number of rotatable bonds is 3. The van der Waals surface area contributed by atoms with Crippen LogP contribution in [0, 0.1) is 5.92 Å². The minimum atomic E-state index is -0.743. The first kappa shape index (κ1) is 9.01. The van der Waals surface area contributed by atoms with E-state index in [1.165, 1.54) is 6.42 Å². The van der Waals surface area contributed by atoms with Gasteiger partial charge in [0.2, 0.25) is 0 Å². The molecule has 1 N–H and O–H groups in total. The second-order valence-electron chi connectivity index (χ2n) is 4.91. The normalized spacial score (nSPS) is 31.3. The summed E-state index contributed by atoms with van der Waals surface area (Å²) in [5, 5.41) is 9.11. The number of furan rings is 1. The Labute approximate surface area is 88.1 Å². The van der Waals surface area contributed by atoms with Crippen LogP contribution in [0.3, 0.4) is 0 Å². The van der Waals surface area contributed by atoms with Crippen LogP contribution in [-0.2, 0) is 10.2 Å². The van der Waals surface area contributed by atoms with Gasteiger partial charge in [-0.15, -0.1) is 0 Å². The number of carboxylic acid groups (broad SMARTS) is 1. The van der Waals surface area contributed by atoms with Crippen LogP contribution in [0.4, 0.5) is 0 Å². The molecule has 0 bridgehead atoms. The molecule has 0 saturated heterocycles. The van der Waals surface area contributed by atoms with E-state index < -0.39 is 11.4 Å². The lowest BCUT2D eigenvalue weighted by atomic mass is 10.1. The van der Waals surface area contributed by atoms with Crippen LogP contribution in [0.2, 0.25) is 0 Å². The fourth-order valence-electron chi connectivity index (χ4n) is 2.22. The van der Waals surface area contributed by atoms with Gasteiger partial charge in [0, 0.05) is 5.92 Å². The SMILES string of the molecule is CC1CC1c1ccc(C2(C(=O)O)CC2)o1. The molecule has 0 aliphatic heterocycles. The van der Waals surface area contributed by atoms with Gasteiger partial charge in [0.1, 0.15) is 16.9 Å². The van der Waals surface area contributed by atoms with Crippen LogP contribution >= 0.6 is 0 Å². The molecular formula is C12H14O3. The molecule has 2 saturated carbocycles. The van der Waals surface area contributed by atoms with Crippen LogP contribution in [-0.4, -0.2) is 11.1 Å². The highest BCUT2D eigenvalue weighted by Crippen LogP contribution is 2.52. The lowest BCUT2D eigenvalue weighted by molar-refractivity contribution is -0.140. The van der Waals surface area contributed by atoms with Gasteiger partial charge in [0.15, 0.2) is 0 Å². The van der Waals surface area contributed by atoms with Gasteiger partial charge in [-0.05, 0) is 37.3 Å². The summed E-state index contributed by atoms with van der Waals surface area (Å²) < 4.78 is 5.69. The first-order valence-electron chi connectivity index (χ1n) is 5.47. The van der Waals surface area contributed by atoms with E-state index in [-0.39, 0.29) is 0 Å². The summed E-state index contributed by atoms with van der Waals surface area (Å²) in [6, 6.07) is 3.80. The van der Waals surface area contributed by atoms with Gasteiger partial charge in [-0.1, -0.05) is 6.92 Å². The Morgan fingerprint density at radius 2 is 2.20 bits per heavy atom. The van der Waals surface area contributed by atoms with Crippen LogP contribution < -0.4 is 0 Å². The zero-order valence-corrected chi connectivity index (χ0v) is 8.69. The van der Waals surface area contributed by atoms with Crippen molar-refractivity contribution in [3.63, 3.8) is 0 Å². The molecule has 2 unspecified atom stereocenters. The number of hydrogen-bond donors (Lipinski definition) is 1. The van der Waals surface area contributed by atoms with Gasteiger partial charge in [0.05, 0.1) is 0 Å². The standard InChI is InChI=1S/C12H14O3/c1-7-6-8(7)9-2-3-10(15-9)12(4-5-12)11(13)14/h2-3,7-8H,4-6H2,1H3,(H,13,14). The summed E-state index contributed by atoms with van der Waals surface area (Å²) >= 11 is 0. The van der Waals surface area contributed by atoms with Crippen molar-refractivity contribution in [2.24, 2.45) is 5.92 Å². The monoisotopic (exact) mass is 206 g/mol. The molecule has 2 fully saturated rings. The predicted octanol–water partition coefficient (Wildman–Crippen LogP) is 2.52. The molecule has 1 aromatic heterocycles. The summed E-state index contributed by atoms with van der Waals surface area (Å²) in [4.78, 5) is 11.1. The van der Waals surface area contributed by atoms with Crippen LogP contribution in [0.15, 0.2) is 16.5 Å². The lowest BCUT2D eigenvalue weighted by Crippen LogP contribution is -2.18. The zero-order valence-electron chi connectivity index (χ0n) is 8.69. The van der Waals surface area contributed by atoms with E-state index in [0.29, 0.717) is 17.6 Å². The van der Waals surface area contributed by atoms with E-state index in [1.807, 2.05) is 12.1 Å². The van der Waals surface area contributed by atoms with Gasteiger partial charge in [-0.2, -0.15) is 0 Å². The van der Waals surface area contributed by atoms with E-state index in [9.17, 15) is 4.79 Å².